The minimum Gasteiger partial charge on any atom is -0.394 e. The standard InChI is InChI=1S/C12H10F3N3O/c13-12(14,15)9-4-2-1-3-8(9)7-18-11(19)10(16)5-6-17-18/h1-6H,7,16H2. The van der Waals surface area contributed by atoms with Crippen LogP contribution in [0.15, 0.2) is 41.3 Å². The Morgan fingerprint density at radius 3 is 2.58 bits per heavy atom. The molecule has 1 aromatic heterocycles. The van der Waals surface area contributed by atoms with Gasteiger partial charge in [-0.1, -0.05) is 18.2 Å². The molecule has 1 heterocycles. The zero-order chi connectivity index (χ0) is 14.0. The van der Waals surface area contributed by atoms with Gasteiger partial charge >= 0.3 is 6.18 Å². The Morgan fingerprint density at radius 1 is 1.21 bits per heavy atom. The van der Waals surface area contributed by atoms with Crippen LogP contribution in [-0.2, 0) is 12.7 Å². The van der Waals surface area contributed by atoms with Gasteiger partial charge in [-0.05, 0) is 17.7 Å². The van der Waals surface area contributed by atoms with Crippen molar-refractivity contribution in [1.29, 1.82) is 0 Å². The first kappa shape index (κ1) is 13.1. The lowest BCUT2D eigenvalue weighted by atomic mass is 10.1. The van der Waals surface area contributed by atoms with Crippen molar-refractivity contribution in [3.63, 3.8) is 0 Å². The number of alkyl halides is 3. The summed E-state index contributed by atoms with van der Waals surface area (Å²) in [7, 11) is 0. The normalized spacial score (nSPS) is 11.5. The lowest BCUT2D eigenvalue weighted by molar-refractivity contribution is -0.138. The van der Waals surface area contributed by atoms with Gasteiger partial charge in [-0.3, -0.25) is 4.79 Å². The van der Waals surface area contributed by atoms with Crippen LogP contribution in [0.2, 0.25) is 0 Å². The fourth-order valence-electron chi connectivity index (χ4n) is 1.68. The molecule has 0 amide bonds. The average molecular weight is 269 g/mol. The predicted molar refractivity (Wildman–Crippen MR) is 63.5 cm³/mol. The first-order chi connectivity index (χ1) is 8.89. The summed E-state index contributed by atoms with van der Waals surface area (Å²) in [5.41, 5.74) is 3.92. The lowest BCUT2D eigenvalue weighted by Gasteiger charge is -2.13. The minimum atomic E-state index is -4.47. The van der Waals surface area contributed by atoms with Gasteiger partial charge in [0.05, 0.1) is 12.1 Å². The van der Waals surface area contributed by atoms with E-state index in [1.165, 1.54) is 30.5 Å². The molecule has 0 aliphatic carbocycles. The molecule has 7 heteroatoms. The number of hydrogen-bond acceptors (Lipinski definition) is 3. The second kappa shape index (κ2) is 4.75. The molecule has 0 saturated heterocycles. The number of hydrogen-bond donors (Lipinski definition) is 1. The third-order valence-electron chi connectivity index (χ3n) is 2.58. The average Bonchev–Trinajstić information content (AvgIpc) is 2.34. The number of anilines is 1. The Bertz CT molecular complexity index is 649. The highest BCUT2D eigenvalue weighted by Crippen LogP contribution is 2.31. The number of nitrogens with two attached hydrogens (primary N) is 1. The van der Waals surface area contributed by atoms with Crippen molar-refractivity contribution in [2.24, 2.45) is 0 Å². The summed E-state index contributed by atoms with van der Waals surface area (Å²) < 4.78 is 39.3. The smallest absolute Gasteiger partial charge is 0.394 e. The van der Waals surface area contributed by atoms with Gasteiger partial charge < -0.3 is 5.73 Å². The van der Waals surface area contributed by atoms with Crippen LogP contribution in [0.25, 0.3) is 0 Å². The SMILES string of the molecule is Nc1ccnn(Cc2ccccc2C(F)(F)F)c1=O. The molecule has 2 N–H and O–H groups in total. The number of nitrogens with zero attached hydrogens (tertiary/aromatic N) is 2. The summed E-state index contributed by atoms with van der Waals surface area (Å²) in [6.07, 6.45) is -3.20. The maximum atomic E-state index is 12.8. The third-order valence-corrected chi connectivity index (χ3v) is 2.58. The molecular formula is C12H10F3N3O. The Balaban J connectivity index is 2.45. The fraction of sp³-hybridized carbons (Fsp3) is 0.167. The van der Waals surface area contributed by atoms with Gasteiger partial charge in [0.25, 0.3) is 5.56 Å². The Kier molecular flexibility index (Phi) is 3.28. The summed E-state index contributed by atoms with van der Waals surface area (Å²) in [6, 6.07) is 6.34. The van der Waals surface area contributed by atoms with Crippen molar-refractivity contribution in [3.05, 3.63) is 58.0 Å². The van der Waals surface area contributed by atoms with Crippen molar-refractivity contribution in [3.8, 4) is 0 Å². The molecule has 2 aromatic rings. The van der Waals surface area contributed by atoms with Gasteiger partial charge in [-0.15, -0.1) is 0 Å². The topological polar surface area (TPSA) is 60.9 Å². The Morgan fingerprint density at radius 2 is 1.89 bits per heavy atom. The Hall–Kier alpha value is -2.31. The number of halogens is 3. The summed E-state index contributed by atoms with van der Waals surface area (Å²) in [5, 5.41) is 3.71. The maximum Gasteiger partial charge on any atom is 0.416 e. The van der Waals surface area contributed by atoms with E-state index in [1.54, 1.807) is 0 Å². The molecule has 0 unspecified atom stereocenters. The van der Waals surface area contributed by atoms with E-state index < -0.39 is 17.3 Å². The zero-order valence-electron chi connectivity index (χ0n) is 9.69. The second-order valence-electron chi connectivity index (χ2n) is 3.90. The van der Waals surface area contributed by atoms with Gasteiger partial charge in [-0.25, -0.2) is 4.68 Å². The highest BCUT2D eigenvalue weighted by atomic mass is 19.4. The van der Waals surface area contributed by atoms with Crippen molar-refractivity contribution in [1.82, 2.24) is 9.78 Å². The van der Waals surface area contributed by atoms with Gasteiger partial charge in [0.1, 0.15) is 5.69 Å². The first-order valence-electron chi connectivity index (χ1n) is 5.36. The number of rotatable bonds is 2. The van der Waals surface area contributed by atoms with Crippen LogP contribution in [-0.4, -0.2) is 9.78 Å². The molecule has 0 aliphatic heterocycles. The van der Waals surface area contributed by atoms with Crippen LogP contribution >= 0.6 is 0 Å². The molecule has 0 spiro atoms. The molecule has 100 valence electrons. The van der Waals surface area contributed by atoms with E-state index in [-0.39, 0.29) is 17.8 Å². The highest BCUT2D eigenvalue weighted by Gasteiger charge is 2.32. The molecule has 19 heavy (non-hydrogen) atoms. The first-order valence-corrected chi connectivity index (χ1v) is 5.36. The van der Waals surface area contributed by atoms with Crippen molar-refractivity contribution >= 4 is 5.69 Å². The van der Waals surface area contributed by atoms with Crippen molar-refractivity contribution < 1.29 is 13.2 Å². The van der Waals surface area contributed by atoms with E-state index in [9.17, 15) is 18.0 Å². The van der Waals surface area contributed by atoms with E-state index in [0.29, 0.717) is 0 Å². The van der Waals surface area contributed by atoms with Crippen LogP contribution in [0.1, 0.15) is 11.1 Å². The largest absolute Gasteiger partial charge is 0.416 e. The molecule has 1 aromatic carbocycles. The van der Waals surface area contributed by atoms with Gasteiger partial charge in [-0.2, -0.15) is 18.3 Å². The number of aromatic nitrogens is 2. The maximum absolute atomic E-state index is 12.8. The molecular weight excluding hydrogens is 259 g/mol. The molecule has 0 atom stereocenters. The Labute approximate surface area is 106 Å². The van der Waals surface area contributed by atoms with Crippen LogP contribution in [0.5, 0.6) is 0 Å². The number of benzene rings is 1. The van der Waals surface area contributed by atoms with Crippen LogP contribution in [0, 0.1) is 0 Å². The van der Waals surface area contributed by atoms with Crippen LogP contribution in [0.3, 0.4) is 0 Å². The third kappa shape index (κ3) is 2.75. The van der Waals surface area contributed by atoms with Gasteiger partial charge in [0.15, 0.2) is 0 Å². The minimum absolute atomic E-state index is 0.0322. The lowest BCUT2D eigenvalue weighted by Crippen LogP contribution is -2.26. The zero-order valence-corrected chi connectivity index (χ0v) is 9.69. The van der Waals surface area contributed by atoms with Gasteiger partial charge in [0.2, 0.25) is 0 Å². The quantitative estimate of drug-likeness (QED) is 0.905. The van der Waals surface area contributed by atoms with E-state index in [4.69, 9.17) is 5.73 Å². The summed E-state index contributed by atoms with van der Waals surface area (Å²) >= 11 is 0. The van der Waals surface area contributed by atoms with Crippen LogP contribution < -0.4 is 11.3 Å². The molecule has 0 fully saturated rings. The molecule has 0 saturated carbocycles. The summed E-state index contributed by atoms with van der Waals surface area (Å²) in [6.45, 7) is -0.278. The summed E-state index contributed by atoms with van der Waals surface area (Å²) in [4.78, 5) is 11.6. The molecule has 2 rings (SSSR count). The highest BCUT2D eigenvalue weighted by molar-refractivity contribution is 5.33. The van der Waals surface area contributed by atoms with Crippen molar-refractivity contribution in [2.75, 3.05) is 5.73 Å². The molecule has 4 nitrogen and oxygen atoms in total. The predicted octanol–water partition coefficient (Wildman–Crippen LogP) is 1.89. The van der Waals surface area contributed by atoms with Gasteiger partial charge in [0, 0.05) is 6.20 Å². The van der Waals surface area contributed by atoms with E-state index in [2.05, 4.69) is 5.10 Å². The molecule has 0 radical (unpaired) electrons. The second-order valence-corrected chi connectivity index (χ2v) is 3.90. The van der Waals surface area contributed by atoms with E-state index in [0.717, 1.165) is 10.7 Å². The van der Waals surface area contributed by atoms with Crippen LogP contribution in [0.4, 0.5) is 18.9 Å². The fourth-order valence-corrected chi connectivity index (χ4v) is 1.68. The molecule has 0 bridgehead atoms. The molecule has 0 aliphatic rings. The number of nitrogen functional groups attached to an aromatic ring is 1. The van der Waals surface area contributed by atoms with Crippen molar-refractivity contribution in [2.45, 2.75) is 12.7 Å². The monoisotopic (exact) mass is 269 g/mol. The van der Waals surface area contributed by atoms with E-state index in [1.807, 2.05) is 0 Å². The summed E-state index contributed by atoms with van der Waals surface area (Å²) in [5.74, 6) is 0. The van der Waals surface area contributed by atoms with E-state index >= 15 is 0 Å².